The zero-order valence-corrected chi connectivity index (χ0v) is 32.4. The molecule has 0 fully saturated rings. The maximum atomic E-state index is 12.8. The van der Waals surface area contributed by atoms with Gasteiger partial charge >= 0.3 is 6.18 Å². The molecule has 0 bridgehead atoms. The van der Waals surface area contributed by atoms with Crippen molar-refractivity contribution in [2.24, 2.45) is 0 Å². The van der Waals surface area contributed by atoms with E-state index in [1.165, 1.54) is 16.7 Å². The van der Waals surface area contributed by atoms with Crippen molar-refractivity contribution in [3.8, 4) is 33.8 Å². The molecular formula is C37H31F3N14S3. The number of H-pyrrole nitrogens is 3. The van der Waals surface area contributed by atoms with Crippen molar-refractivity contribution in [1.29, 1.82) is 0 Å². The van der Waals surface area contributed by atoms with Crippen LogP contribution in [0.3, 0.4) is 0 Å². The van der Waals surface area contributed by atoms with Crippen LogP contribution in [0.4, 0.5) is 45.9 Å². The maximum absolute atomic E-state index is 12.8. The van der Waals surface area contributed by atoms with Crippen LogP contribution in [0.25, 0.3) is 33.8 Å². The van der Waals surface area contributed by atoms with Crippen molar-refractivity contribution in [3.63, 3.8) is 0 Å². The molecule has 9 aromatic rings. The van der Waals surface area contributed by atoms with Gasteiger partial charge in [0.2, 0.25) is 0 Å². The third-order valence-electron chi connectivity index (χ3n) is 7.75. The summed E-state index contributed by atoms with van der Waals surface area (Å²) in [6.07, 6.45) is 3.56. The van der Waals surface area contributed by atoms with Gasteiger partial charge in [0.15, 0.2) is 15.4 Å². The summed E-state index contributed by atoms with van der Waals surface area (Å²) in [6.45, 7) is 3.97. The number of pyridine rings is 2. The van der Waals surface area contributed by atoms with Crippen LogP contribution in [0, 0.1) is 13.8 Å². The zero-order chi connectivity index (χ0) is 39.6. The number of nitrogens with one attached hydrogen (secondary N) is 6. The van der Waals surface area contributed by atoms with Crippen LogP contribution in [0.15, 0.2) is 114 Å². The Labute approximate surface area is 334 Å². The molecule has 9 rings (SSSR count). The van der Waals surface area contributed by atoms with E-state index >= 15 is 0 Å². The summed E-state index contributed by atoms with van der Waals surface area (Å²) in [5, 5.41) is 36.4. The molecule has 0 aliphatic rings. The molecule has 0 unspecified atom stereocenters. The standard InChI is InChI=1S/C13H12N4S.C12H8F3N5S.C12H11N5S/c1-9-11(7-14-17-9)12-8-18-13(16-12)15-10-5-3-2-4-6-10;13-12(14,15)10-7(5-17-20-10)8-6-21-11(18-8)19-9-3-1-2-4-16-9;1-8-9(6-14-17-8)10-7-18-12(15-10)16-11-4-2-3-5-13-11/h2-8H,1H3,(H,14,17)(H,15,16);1-6H,(H,17,20)(H,16,18,19);2-7H,1H3,(H,14,17)(H,13,15,16). The minimum atomic E-state index is -4.50. The number of nitrogens with zero attached hydrogens (tertiary/aromatic N) is 8. The highest BCUT2D eigenvalue weighted by molar-refractivity contribution is 7.14. The summed E-state index contributed by atoms with van der Waals surface area (Å²) >= 11 is 4.33. The van der Waals surface area contributed by atoms with Crippen LogP contribution >= 0.6 is 34.0 Å². The van der Waals surface area contributed by atoms with Gasteiger partial charge in [-0.3, -0.25) is 15.3 Å². The molecule has 288 valence electrons. The molecule has 8 aromatic heterocycles. The Kier molecular flexibility index (Phi) is 12.0. The Morgan fingerprint density at radius 2 is 0.965 bits per heavy atom. The second-order valence-corrected chi connectivity index (χ2v) is 14.3. The van der Waals surface area contributed by atoms with E-state index in [4.69, 9.17) is 0 Å². The molecule has 0 amide bonds. The maximum Gasteiger partial charge on any atom is 0.433 e. The van der Waals surface area contributed by atoms with E-state index in [1.54, 1.807) is 65.7 Å². The predicted molar refractivity (Wildman–Crippen MR) is 218 cm³/mol. The number of benzene rings is 1. The Morgan fingerprint density at radius 1 is 0.526 bits per heavy atom. The highest BCUT2D eigenvalue weighted by atomic mass is 32.1. The number of aromatic amines is 3. The monoisotopic (exact) mass is 824 g/mol. The van der Waals surface area contributed by atoms with Gasteiger partial charge in [-0.25, -0.2) is 24.9 Å². The van der Waals surface area contributed by atoms with Crippen LogP contribution in [-0.4, -0.2) is 55.5 Å². The van der Waals surface area contributed by atoms with Gasteiger partial charge in [0.25, 0.3) is 0 Å². The molecule has 0 aliphatic heterocycles. The minimum Gasteiger partial charge on any atom is -0.332 e. The molecule has 1 aromatic carbocycles. The first kappa shape index (κ1) is 38.5. The van der Waals surface area contributed by atoms with Crippen LogP contribution in [-0.2, 0) is 6.18 Å². The van der Waals surface area contributed by atoms with Crippen molar-refractivity contribution in [2.45, 2.75) is 20.0 Å². The fourth-order valence-electron chi connectivity index (χ4n) is 5.02. The van der Waals surface area contributed by atoms with Crippen molar-refractivity contribution >= 4 is 66.7 Å². The summed E-state index contributed by atoms with van der Waals surface area (Å²) in [4.78, 5) is 21.5. The Morgan fingerprint density at radius 3 is 1.40 bits per heavy atom. The highest BCUT2D eigenvalue weighted by Gasteiger charge is 2.36. The number of hydrogen-bond acceptors (Lipinski definition) is 14. The van der Waals surface area contributed by atoms with Crippen molar-refractivity contribution < 1.29 is 13.2 Å². The zero-order valence-electron chi connectivity index (χ0n) is 29.9. The average molecular weight is 825 g/mol. The normalized spacial score (nSPS) is 10.9. The van der Waals surface area contributed by atoms with Crippen molar-refractivity contribution in [3.05, 3.63) is 131 Å². The highest BCUT2D eigenvalue weighted by Crippen LogP contribution is 2.37. The van der Waals surface area contributed by atoms with E-state index in [9.17, 15) is 13.2 Å². The second-order valence-electron chi connectivity index (χ2n) is 11.8. The van der Waals surface area contributed by atoms with Gasteiger partial charge in [-0.1, -0.05) is 30.3 Å². The van der Waals surface area contributed by atoms with E-state index in [0.717, 1.165) is 61.9 Å². The van der Waals surface area contributed by atoms with Gasteiger partial charge in [-0.15, -0.1) is 34.0 Å². The van der Waals surface area contributed by atoms with E-state index in [1.807, 2.05) is 78.2 Å². The predicted octanol–water partition coefficient (Wildman–Crippen LogP) is 10.3. The number of hydrogen-bond donors (Lipinski definition) is 6. The van der Waals surface area contributed by atoms with Crippen LogP contribution in [0.1, 0.15) is 17.1 Å². The fourth-order valence-corrected chi connectivity index (χ4v) is 7.18. The summed E-state index contributed by atoms with van der Waals surface area (Å²) in [5.74, 6) is 1.36. The number of aryl methyl sites for hydroxylation is 2. The average Bonchev–Trinajstić information content (AvgIpc) is 4.07. The molecule has 0 saturated carbocycles. The quantitative estimate of drug-likeness (QED) is 0.0813. The van der Waals surface area contributed by atoms with E-state index in [0.29, 0.717) is 10.9 Å². The lowest BCUT2D eigenvalue weighted by Gasteiger charge is -2.04. The topological polar surface area (TPSA) is 187 Å². The lowest BCUT2D eigenvalue weighted by molar-refractivity contribution is -0.140. The number of anilines is 6. The van der Waals surface area contributed by atoms with Gasteiger partial charge in [0.1, 0.15) is 17.3 Å². The number of aromatic nitrogens is 11. The molecule has 20 heteroatoms. The molecule has 57 heavy (non-hydrogen) atoms. The Balaban J connectivity index is 0.000000131. The molecule has 0 radical (unpaired) electrons. The van der Waals surface area contributed by atoms with Crippen LogP contribution in [0.5, 0.6) is 0 Å². The smallest absolute Gasteiger partial charge is 0.332 e. The molecular weight excluding hydrogens is 794 g/mol. The lowest BCUT2D eigenvalue weighted by Crippen LogP contribution is -2.07. The number of para-hydroxylation sites is 1. The third kappa shape index (κ3) is 10.1. The molecule has 8 heterocycles. The largest absolute Gasteiger partial charge is 0.433 e. The Hall–Kier alpha value is -6.77. The first-order chi connectivity index (χ1) is 27.7. The minimum absolute atomic E-state index is 0.0761. The van der Waals surface area contributed by atoms with Crippen LogP contribution < -0.4 is 16.0 Å². The molecule has 6 N–H and O–H groups in total. The summed E-state index contributed by atoms with van der Waals surface area (Å²) in [7, 11) is 0. The first-order valence-corrected chi connectivity index (χ1v) is 19.5. The van der Waals surface area contributed by atoms with Gasteiger partial charge in [-0.05, 0) is 50.2 Å². The van der Waals surface area contributed by atoms with E-state index in [2.05, 4.69) is 66.4 Å². The van der Waals surface area contributed by atoms with Crippen molar-refractivity contribution in [1.82, 2.24) is 55.5 Å². The van der Waals surface area contributed by atoms with Crippen molar-refractivity contribution in [2.75, 3.05) is 16.0 Å². The molecule has 0 spiro atoms. The SMILES string of the molecule is Cc1[nH]ncc1-c1csc(Nc2ccccc2)n1.Cc1[nH]ncc1-c1csc(Nc2ccccn2)n1.FC(F)(F)c1[nH]ncc1-c1csc(Nc2ccccn2)n1. The van der Waals surface area contributed by atoms with Gasteiger partial charge < -0.3 is 16.0 Å². The summed E-state index contributed by atoms with van der Waals surface area (Å²) < 4.78 is 38.4. The molecule has 0 atom stereocenters. The van der Waals surface area contributed by atoms with Gasteiger partial charge in [0.05, 0.1) is 41.2 Å². The number of thiazole rings is 3. The molecule has 14 nitrogen and oxygen atoms in total. The van der Waals surface area contributed by atoms with Gasteiger partial charge in [0, 0.05) is 56.7 Å². The number of halogens is 3. The van der Waals surface area contributed by atoms with E-state index < -0.39 is 11.9 Å². The van der Waals surface area contributed by atoms with Crippen LogP contribution in [0.2, 0.25) is 0 Å². The molecule has 0 aliphatic carbocycles. The fraction of sp³-hybridized carbons (Fsp3) is 0.0811. The first-order valence-electron chi connectivity index (χ1n) is 16.9. The third-order valence-corrected chi connectivity index (χ3v) is 10.0. The Bertz CT molecular complexity index is 2480. The van der Waals surface area contributed by atoms with Gasteiger partial charge in [-0.2, -0.15) is 28.5 Å². The van der Waals surface area contributed by atoms with E-state index in [-0.39, 0.29) is 11.3 Å². The lowest BCUT2D eigenvalue weighted by atomic mass is 10.2. The summed E-state index contributed by atoms with van der Waals surface area (Å²) in [6, 6.07) is 21.0. The number of alkyl halides is 3. The molecule has 0 saturated heterocycles. The second kappa shape index (κ2) is 17.8. The number of rotatable bonds is 9. The summed E-state index contributed by atoms with van der Waals surface area (Å²) in [5.41, 5.74) is 6.27.